The molecule has 0 unspecified atom stereocenters. The third-order valence-corrected chi connectivity index (χ3v) is 5.88. The summed E-state index contributed by atoms with van der Waals surface area (Å²) >= 11 is 4.47. The van der Waals surface area contributed by atoms with Gasteiger partial charge in [0.2, 0.25) is 5.06 Å². The summed E-state index contributed by atoms with van der Waals surface area (Å²) in [5.74, 6) is -1.32. The fourth-order valence-corrected chi connectivity index (χ4v) is 4.23. The molecule has 2 heterocycles. The number of hydrogen-bond acceptors (Lipinski definition) is 6. The highest BCUT2D eigenvalue weighted by atomic mass is 79.9. The van der Waals surface area contributed by atoms with Crippen LogP contribution in [0.1, 0.15) is 16.8 Å². The summed E-state index contributed by atoms with van der Waals surface area (Å²) in [6, 6.07) is 9.97. The zero-order chi connectivity index (χ0) is 22.1. The highest BCUT2D eigenvalue weighted by Gasteiger charge is 2.16. The molecule has 0 aliphatic heterocycles. The van der Waals surface area contributed by atoms with Crippen molar-refractivity contribution in [3.05, 3.63) is 85.6 Å². The number of nitriles is 1. The van der Waals surface area contributed by atoms with E-state index in [1.165, 1.54) is 48.0 Å². The van der Waals surface area contributed by atoms with Crippen LogP contribution in [-0.2, 0) is 6.54 Å². The summed E-state index contributed by atoms with van der Waals surface area (Å²) in [6.07, 6.45) is 1.20. The Hall–Kier alpha value is -3.36. The van der Waals surface area contributed by atoms with Crippen molar-refractivity contribution in [3.63, 3.8) is 0 Å². The third-order valence-electron chi connectivity index (χ3n) is 4.39. The molecule has 0 aliphatic rings. The van der Waals surface area contributed by atoms with Gasteiger partial charge in [-0.3, -0.25) is 4.57 Å². The molecule has 156 valence electrons. The molecule has 0 N–H and O–H groups in total. The summed E-state index contributed by atoms with van der Waals surface area (Å²) in [7, 11) is 0. The molecule has 2 aromatic carbocycles. The lowest BCUT2D eigenvalue weighted by Crippen LogP contribution is -2.24. The van der Waals surface area contributed by atoms with Gasteiger partial charge in [-0.05, 0) is 47.1 Å². The fraction of sp³-hybridized carbons (Fsp3) is 0.100. The number of aromatic nitrogens is 4. The molecular weight excluding hydrogens is 492 g/mol. The third kappa shape index (κ3) is 4.12. The van der Waals surface area contributed by atoms with E-state index >= 15 is 0 Å². The number of aryl methyl sites for hydroxylation is 1. The Kier molecular flexibility index (Phi) is 5.67. The van der Waals surface area contributed by atoms with E-state index in [1.54, 1.807) is 6.92 Å². The van der Waals surface area contributed by atoms with Crippen LogP contribution in [0.25, 0.3) is 5.69 Å². The van der Waals surface area contributed by atoms with Crippen LogP contribution in [0.5, 0.6) is 10.8 Å². The lowest BCUT2D eigenvalue weighted by molar-refractivity contribution is 0.448. The molecule has 31 heavy (non-hydrogen) atoms. The zero-order valence-electron chi connectivity index (χ0n) is 15.8. The summed E-state index contributed by atoms with van der Waals surface area (Å²) in [5, 5.41) is 13.6. The van der Waals surface area contributed by atoms with Crippen molar-refractivity contribution in [1.82, 2.24) is 19.3 Å². The van der Waals surface area contributed by atoms with E-state index in [1.807, 2.05) is 6.07 Å². The molecule has 0 saturated heterocycles. The molecule has 4 rings (SSSR count). The molecule has 11 heteroatoms. The van der Waals surface area contributed by atoms with Crippen LogP contribution in [0.2, 0.25) is 0 Å². The van der Waals surface area contributed by atoms with Crippen LogP contribution in [0, 0.1) is 29.9 Å². The first-order valence-corrected chi connectivity index (χ1v) is 10.4. The topological polar surface area (TPSA) is 85.7 Å². The molecule has 2 aromatic heterocycles. The van der Waals surface area contributed by atoms with E-state index in [4.69, 9.17) is 10.00 Å². The van der Waals surface area contributed by atoms with Gasteiger partial charge in [0.05, 0.1) is 29.6 Å². The number of benzene rings is 2. The minimum Gasteiger partial charge on any atom is -0.442 e. The normalized spacial score (nSPS) is 10.8. The Labute approximate surface area is 186 Å². The van der Waals surface area contributed by atoms with Crippen LogP contribution in [0.4, 0.5) is 8.78 Å². The molecule has 0 fully saturated rings. The Balaban J connectivity index is 1.62. The summed E-state index contributed by atoms with van der Waals surface area (Å²) in [5.41, 5.74) is 0.373. The number of rotatable bonds is 5. The summed E-state index contributed by atoms with van der Waals surface area (Å²) in [6.45, 7) is 1.56. The monoisotopic (exact) mass is 503 g/mol. The lowest BCUT2D eigenvalue weighted by atomic mass is 10.1. The Morgan fingerprint density at radius 1 is 1.26 bits per heavy atom. The lowest BCUT2D eigenvalue weighted by Gasteiger charge is -2.07. The van der Waals surface area contributed by atoms with Gasteiger partial charge in [0, 0.05) is 11.6 Å². The quantitative estimate of drug-likeness (QED) is 0.398. The maximum atomic E-state index is 14.6. The highest BCUT2D eigenvalue weighted by Crippen LogP contribution is 2.35. The molecule has 0 aliphatic carbocycles. The van der Waals surface area contributed by atoms with Crippen LogP contribution in [-0.4, -0.2) is 19.3 Å². The van der Waals surface area contributed by atoms with Gasteiger partial charge in [0.1, 0.15) is 12.1 Å². The number of thiazole rings is 1. The first kappa shape index (κ1) is 20.9. The highest BCUT2D eigenvalue weighted by molar-refractivity contribution is 9.11. The molecule has 4 aromatic rings. The van der Waals surface area contributed by atoms with Crippen LogP contribution < -0.4 is 10.4 Å². The number of hydrogen-bond donors (Lipinski definition) is 0. The van der Waals surface area contributed by atoms with Crippen molar-refractivity contribution < 1.29 is 13.5 Å². The standard InChI is InChI=1S/C20H12BrF2N5O2S/c1-11-18(31-19(21)26-11)30-17-6-5-13(7-16(17)23)28-20(29)27(10-25-28)9-14-12(8-24)3-2-4-15(14)22/h2-7,10H,9H2,1H3. The smallest absolute Gasteiger partial charge is 0.350 e. The molecule has 0 atom stereocenters. The maximum absolute atomic E-state index is 14.6. The average molecular weight is 504 g/mol. The Bertz CT molecular complexity index is 1390. The van der Waals surface area contributed by atoms with Crippen molar-refractivity contribution in [2.24, 2.45) is 0 Å². The first-order chi connectivity index (χ1) is 14.9. The molecule has 0 spiro atoms. The SMILES string of the molecule is Cc1nc(Br)sc1Oc1ccc(-n2ncn(Cc3c(F)cccc3C#N)c2=O)cc1F. The molecule has 0 amide bonds. The summed E-state index contributed by atoms with van der Waals surface area (Å²) < 4.78 is 37.0. The largest absolute Gasteiger partial charge is 0.442 e. The minimum absolute atomic E-state index is 0.0273. The summed E-state index contributed by atoms with van der Waals surface area (Å²) in [4.78, 5) is 16.9. The minimum atomic E-state index is -0.691. The second-order valence-corrected chi connectivity index (χ2v) is 8.63. The van der Waals surface area contributed by atoms with Gasteiger partial charge in [-0.15, -0.1) is 0 Å². The molecule has 0 bridgehead atoms. The van der Waals surface area contributed by atoms with Gasteiger partial charge in [-0.1, -0.05) is 17.4 Å². The van der Waals surface area contributed by atoms with Crippen molar-refractivity contribution in [1.29, 1.82) is 5.26 Å². The van der Waals surface area contributed by atoms with Crippen LogP contribution in [0.15, 0.2) is 51.4 Å². The van der Waals surface area contributed by atoms with Gasteiger partial charge in [0.25, 0.3) is 0 Å². The van der Waals surface area contributed by atoms with Gasteiger partial charge >= 0.3 is 5.69 Å². The molecule has 0 radical (unpaired) electrons. The van der Waals surface area contributed by atoms with E-state index in [9.17, 15) is 13.6 Å². The van der Waals surface area contributed by atoms with Crippen molar-refractivity contribution in [2.75, 3.05) is 0 Å². The predicted octanol–water partition coefficient (Wildman–Crippen LogP) is 4.55. The average Bonchev–Trinajstić information content (AvgIpc) is 3.26. The van der Waals surface area contributed by atoms with Crippen LogP contribution >= 0.6 is 27.3 Å². The Morgan fingerprint density at radius 3 is 2.74 bits per heavy atom. The van der Waals surface area contributed by atoms with Gasteiger partial charge in [0.15, 0.2) is 15.5 Å². The zero-order valence-corrected chi connectivity index (χ0v) is 18.2. The van der Waals surface area contributed by atoms with Crippen molar-refractivity contribution in [2.45, 2.75) is 13.5 Å². The molecule has 7 nitrogen and oxygen atoms in total. The van der Waals surface area contributed by atoms with Crippen molar-refractivity contribution >= 4 is 27.3 Å². The van der Waals surface area contributed by atoms with Gasteiger partial charge in [-0.25, -0.2) is 18.6 Å². The maximum Gasteiger partial charge on any atom is 0.350 e. The number of ether oxygens (including phenoxy) is 1. The number of nitrogens with zero attached hydrogens (tertiary/aromatic N) is 5. The van der Waals surface area contributed by atoms with E-state index in [0.717, 1.165) is 15.3 Å². The molecule has 0 saturated carbocycles. The van der Waals surface area contributed by atoms with Crippen molar-refractivity contribution in [3.8, 4) is 22.6 Å². The van der Waals surface area contributed by atoms with E-state index in [2.05, 4.69) is 26.0 Å². The van der Waals surface area contributed by atoms with Gasteiger partial charge < -0.3 is 4.74 Å². The first-order valence-electron chi connectivity index (χ1n) is 8.80. The fourth-order valence-electron chi connectivity index (χ4n) is 2.86. The molecular formula is C20H12BrF2N5O2S. The van der Waals surface area contributed by atoms with Gasteiger partial charge in [-0.2, -0.15) is 15.0 Å². The van der Waals surface area contributed by atoms with E-state index in [-0.39, 0.29) is 29.1 Å². The Morgan fingerprint density at radius 2 is 2.06 bits per heavy atom. The van der Waals surface area contributed by atoms with Crippen LogP contribution in [0.3, 0.4) is 0 Å². The predicted molar refractivity (Wildman–Crippen MR) is 113 cm³/mol. The second kappa shape index (κ2) is 8.41. The van der Waals surface area contributed by atoms with E-state index in [0.29, 0.717) is 14.7 Å². The number of halogens is 3. The second-order valence-electron chi connectivity index (χ2n) is 6.39. The van der Waals surface area contributed by atoms with E-state index < -0.39 is 17.3 Å².